The summed E-state index contributed by atoms with van der Waals surface area (Å²) in [5.41, 5.74) is 1.28. The molecule has 0 amide bonds. The molecule has 0 radical (unpaired) electrons. The second-order valence-electron chi connectivity index (χ2n) is 4.67. The summed E-state index contributed by atoms with van der Waals surface area (Å²) in [6, 6.07) is 4.14. The molecule has 1 aromatic rings. The van der Waals surface area contributed by atoms with Crippen molar-refractivity contribution in [3.63, 3.8) is 0 Å². The van der Waals surface area contributed by atoms with E-state index in [9.17, 15) is 0 Å². The average Bonchev–Trinajstić information content (AvgIpc) is 2.36. The fourth-order valence-electron chi connectivity index (χ4n) is 1.48. The van der Waals surface area contributed by atoms with Crippen LogP contribution in [0.5, 0.6) is 0 Å². The van der Waals surface area contributed by atoms with Crippen molar-refractivity contribution < 1.29 is 4.74 Å². The Hall–Kier alpha value is -0.580. The number of ether oxygens (including phenoxy) is 1. The molecule has 102 valence electrons. The third-order valence-electron chi connectivity index (χ3n) is 2.58. The van der Waals surface area contributed by atoms with Gasteiger partial charge in [0.25, 0.3) is 0 Å². The van der Waals surface area contributed by atoms with Crippen LogP contribution in [0.4, 0.5) is 0 Å². The minimum atomic E-state index is 0.746. The van der Waals surface area contributed by atoms with E-state index in [-0.39, 0.29) is 0 Å². The van der Waals surface area contributed by atoms with Crippen molar-refractivity contribution in [2.45, 2.75) is 31.8 Å². The van der Waals surface area contributed by atoms with Crippen molar-refractivity contribution >= 4 is 11.8 Å². The van der Waals surface area contributed by atoms with E-state index in [1.54, 1.807) is 7.11 Å². The first-order valence-corrected chi connectivity index (χ1v) is 7.49. The molecule has 4 heteroatoms. The van der Waals surface area contributed by atoms with Gasteiger partial charge in [-0.2, -0.15) is 0 Å². The monoisotopic (exact) mass is 268 g/mol. The standard InChI is InChI=1S/C14H24N2OS/c1-12(2)6-10-18-14-13(5-4-7-16-14)11-15-8-9-17-3/h4-5,7,12,15H,6,8-11H2,1-3H3. The molecular formula is C14H24N2OS. The van der Waals surface area contributed by atoms with Gasteiger partial charge in [-0.15, -0.1) is 11.8 Å². The predicted molar refractivity (Wildman–Crippen MR) is 78.0 cm³/mol. The van der Waals surface area contributed by atoms with E-state index >= 15 is 0 Å². The second-order valence-corrected chi connectivity index (χ2v) is 5.75. The van der Waals surface area contributed by atoms with Crippen molar-refractivity contribution in [1.29, 1.82) is 0 Å². The molecule has 0 aliphatic heterocycles. The van der Waals surface area contributed by atoms with Crippen molar-refractivity contribution in [1.82, 2.24) is 10.3 Å². The maximum atomic E-state index is 5.02. The van der Waals surface area contributed by atoms with Crippen LogP contribution in [0.25, 0.3) is 0 Å². The summed E-state index contributed by atoms with van der Waals surface area (Å²) in [4.78, 5) is 4.47. The Kier molecular flexibility index (Phi) is 8.05. The predicted octanol–water partition coefficient (Wildman–Crippen LogP) is 2.96. The Morgan fingerprint density at radius 1 is 1.44 bits per heavy atom. The highest BCUT2D eigenvalue weighted by Gasteiger charge is 2.04. The molecule has 1 N–H and O–H groups in total. The van der Waals surface area contributed by atoms with Gasteiger partial charge in [-0.05, 0) is 29.7 Å². The summed E-state index contributed by atoms with van der Waals surface area (Å²) in [7, 11) is 1.72. The lowest BCUT2D eigenvalue weighted by molar-refractivity contribution is 0.199. The Morgan fingerprint density at radius 2 is 2.28 bits per heavy atom. The lowest BCUT2D eigenvalue weighted by Crippen LogP contribution is -2.19. The molecule has 0 aliphatic rings. The SMILES string of the molecule is COCCNCc1cccnc1SCCC(C)C. The summed E-state index contributed by atoms with van der Waals surface area (Å²) in [6.45, 7) is 7.00. The summed E-state index contributed by atoms with van der Waals surface area (Å²) in [5, 5.41) is 4.52. The maximum Gasteiger partial charge on any atom is 0.100 e. The number of thioether (sulfide) groups is 1. The highest BCUT2D eigenvalue weighted by atomic mass is 32.2. The molecule has 0 aliphatic carbocycles. The van der Waals surface area contributed by atoms with Crippen LogP contribution >= 0.6 is 11.8 Å². The fraction of sp³-hybridized carbons (Fsp3) is 0.643. The molecule has 3 nitrogen and oxygen atoms in total. The van der Waals surface area contributed by atoms with Gasteiger partial charge < -0.3 is 10.1 Å². The molecule has 0 aromatic carbocycles. The molecule has 18 heavy (non-hydrogen) atoms. The molecule has 0 fully saturated rings. The third-order valence-corrected chi connectivity index (χ3v) is 3.66. The maximum absolute atomic E-state index is 5.02. The van der Waals surface area contributed by atoms with Crippen LogP contribution < -0.4 is 5.32 Å². The van der Waals surface area contributed by atoms with E-state index in [4.69, 9.17) is 4.74 Å². The van der Waals surface area contributed by atoms with Crippen LogP contribution in [-0.4, -0.2) is 31.0 Å². The number of methoxy groups -OCH3 is 1. The molecule has 0 bridgehead atoms. The Balaban J connectivity index is 2.40. The first-order valence-electron chi connectivity index (χ1n) is 6.50. The average molecular weight is 268 g/mol. The van der Waals surface area contributed by atoms with Crippen molar-refractivity contribution in [2.24, 2.45) is 5.92 Å². The zero-order valence-electron chi connectivity index (χ0n) is 11.6. The summed E-state index contributed by atoms with van der Waals surface area (Å²) in [6.07, 6.45) is 3.11. The largest absolute Gasteiger partial charge is 0.383 e. The third kappa shape index (κ3) is 6.38. The second kappa shape index (κ2) is 9.36. The highest BCUT2D eigenvalue weighted by molar-refractivity contribution is 7.99. The number of hydrogen-bond donors (Lipinski definition) is 1. The van der Waals surface area contributed by atoms with Gasteiger partial charge in [0.2, 0.25) is 0 Å². The molecular weight excluding hydrogens is 244 g/mol. The molecule has 0 unspecified atom stereocenters. The molecule has 1 heterocycles. The van der Waals surface area contributed by atoms with E-state index in [0.717, 1.165) is 36.4 Å². The number of nitrogens with zero attached hydrogens (tertiary/aromatic N) is 1. The van der Waals surface area contributed by atoms with Gasteiger partial charge in [0.15, 0.2) is 0 Å². The summed E-state index contributed by atoms with van der Waals surface area (Å²) >= 11 is 1.86. The van der Waals surface area contributed by atoms with Crippen LogP contribution in [0.1, 0.15) is 25.8 Å². The van der Waals surface area contributed by atoms with E-state index in [1.807, 2.05) is 24.0 Å². The van der Waals surface area contributed by atoms with Gasteiger partial charge in [0, 0.05) is 26.4 Å². The topological polar surface area (TPSA) is 34.1 Å². The molecule has 1 aromatic heterocycles. The Morgan fingerprint density at radius 3 is 3.00 bits per heavy atom. The zero-order chi connectivity index (χ0) is 13.2. The minimum absolute atomic E-state index is 0.746. The van der Waals surface area contributed by atoms with Gasteiger partial charge in [0.05, 0.1) is 6.61 Å². The minimum Gasteiger partial charge on any atom is -0.383 e. The first-order chi connectivity index (χ1) is 8.74. The number of hydrogen-bond acceptors (Lipinski definition) is 4. The van der Waals surface area contributed by atoms with Gasteiger partial charge in [-0.3, -0.25) is 0 Å². The number of pyridine rings is 1. The smallest absolute Gasteiger partial charge is 0.100 e. The molecule has 0 saturated carbocycles. The first kappa shape index (κ1) is 15.5. The molecule has 0 atom stereocenters. The number of rotatable bonds is 9. The van der Waals surface area contributed by atoms with E-state index in [0.29, 0.717) is 0 Å². The van der Waals surface area contributed by atoms with Gasteiger partial charge in [-0.25, -0.2) is 4.98 Å². The quantitative estimate of drug-likeness (QED) is 0.551. The van der Waals surface area contributed by atoms with E-state index in [2.05, 4.69) is 30.2 Å². The van der Waals surface area contributed by atoms with Crippen molar-refractivity contribution in [3.05, 3.63) is 23.9 Å². The van der Waals surface area contributed by atoms with Crippen LogP contribution in [0.15, 0.2) is 23.4 Å². The lowest BCUT2D eigenvalue weighted by atomic mass is 10.2. The van der Waals surface area contributed by atoms with Gasteiger partial charge >= 0.3 is 0 Å². The fourth-order valence-corrected chi connectivity index (χ4v) is 2.72. The van der Waals surface area contributed by atoms with E-state index < -0.39 is 0 Å². The van der Waals surface area contributed by atoms with Crippen molar-refractivity contribution in [3.8, 4) is 0 Å². The molecule has 0 spiro atoms. The van der Waals surface area contributed by atoms with Crippen molar-refractivity contribution in [2.75, 3.05) is 26.0 Å². The van der Waals surface area contributed by atoms with Gasteiger partial charge in [0.1, 0.15) is 5.03 Å². The zero-order valence-corrected chi connectivity index (χ0v) is 12.4. The van der Waals surface area contributed by atoms with Gasteiger partial charge in [-0.1, -0.05) is 19.9 Å². The van der Waals surface area contributed by atoms with Crippen LogP contribution in [0, 0.1) is 5.92 Å². The molecule has 0 saturated heterocycles. The number of nitrogens with one attached hydrogen (secondary N) is 1. The Bertz CT molecular complexity index is 331. The van der Waals surface area contributed by atoms with Crippen LogP contribution in [0.2, 0.25) is 0 Å². The summed E-state index contributed by atoms with van der Waals surface area (Å²) in [5.74, 6) is 1.89. The lowest BCUT2D eigenvalue weighted by Gasteiger charge is -2.09. The normalized spacial score (nSPS) is 11.1. The van der Waals surface area contributed by atoms with Crippen LogP contribution in [0.3, 0.4) is 0 Å². The summed E-state index contributed by atoms with van der Waals surface area (Å²) < 4.78 is 5.02. The Labute approximate surface area is 115 Å². The number of aromatic nitrogens is 1. The van der Waals surface area contributed by atoms with E-state index in [1.165, 1.54) is 12.0 Å². The van der Waals surface area contributed by atoms with Crippen LogP contribution in [-0.2, 0) is 11.3 Å². The highest BCUT2D eigenvalue weighted by Crippen LogP contribution is 2.21. The molecule has 1 rings (SSSR count).